The van der Waals surface area contributed by atoms with Gasteiger partial charge in [-0.1, -0.05) is 49.9 Å². The van der Waals surface area contributed by atoms with Gasteiger partial charge in [0.15, 0.2) is 0 Å². The monoisotopic (exact) mass is 497 g/mol. The predicted octanol–water partition coefficient (Wildman–Crippen LogP) is 4.03. The first-order valence-electron chi connectivity index (χ1n) is 13.1. The van der Waals surface area contributed by atoms with Gasteiger partial charge < -0.3 is 20.2 Å². The number of aromatic nitrogens is 2. The molecule has 1 aliphatic heterocycles. The SMILES string of the molecule is CC1C[C@H](O)c2ncnc(N3CCN(C(=O)[C@H](CNC4CCCCC4)c4ccc(Cl)cc4)CC3)c21. The first kappa shape index (κ1) is 24.5. The third-order valence-corrected chi connectivity index (χ3v) is 8.21. The molecular formula is C27H36ClN5O2. The van der Waals surface area contributed by atoms with Crippen molar-refractivity contribution in [3.05, 3.63) is 52.4 Å². The number of carbonyl (C=O) groups excluding carboxylic acids is 1. The Morgan fingerprint density at radius 1 is 1.11 bits per heavy atom. The van der Waals surface area contributed by atoms with Crippen molar-refractivity contribution < 1.29 is 9.90 Å². The van der Waals surface area contributed by atoms with E-state index in [1.54, 1.807) is 6.33 Å². The molecule has 2 aromatic rings. The van der Waals surface area contributed by atoms with E-state index in [-0.39, 0.29) is 17.7 Å². The Morgan fingerprint density at radius 2 is 1.83 bits per heavy atom. The Hall–Kier alpha value is -2.22. The number of anilines is 1. The summed E-state index contributed by atoms with van der Waals surface area (Å²) in [5, 5.41) is 14.7. The molecule has 35 heavy (non-hydrogen) atoms. The minimum atomic E-state index is -0.513. The molecule has 188 valence electrons. The van der Waals surface area contributed by atoms with Gasteiger partial charge in [-0.25, -0.2) is 9.97 Å². The van der Waals surface area contributed by atoms with Gasteiger partial charge in [-0.15, -0.1) is 0 Å². The van der Waals surface area contributed by atoms with Crippen LogP contribution in [0.2, 0.25) is 5.02 Å². The molecule has 3 aliphatic rings. The molecule has 0 spiro atoms. The lowest BCUT2D eigenvalue weighted by molar-refractivity contribution is -0.133. The van der Waals surface area contributed by atoms with Crippen LogP contribution in [-0.4, -0.2) is 64.6 Å². The van der Waals surface area contributed by atoms with Crippen LogP contribution in [0, 0.1) is 0 Å². The zero-order chi connectivity index (χ0) is 24.4. The van der Waals surface area contributed by atoms with Crippen LogP contribution in [0.5, 0.6) is 0 Å². The Balaban J connectivity index is 1.27. The molecule has 0 bridgehead atoms. The van der Waals surface area contributed by atoms with E-state index >= 15 is 0 Å². The topological polar surface area (TPSA) is 81.6 Å². The fourth-order valence-electron chi connectivity index (χ4n) is 5.95. The van der Waals surface area contributed by atoms with E-state index in [1.165, 1.54) is 32.1 Å². The predicted molar refractivity (Wildman–Crippen MR) is 138 cm³/mol. The molecule has 5 rings (SSSR count). The molecule has 1 saturated heterocycles. The van der Waals surface area contributed by atoms with E-state index in [9.17, 15) is 9.90 Å². The summed E-state index contributed by atoms with van der Waals surface area (Å²) < 4.78 is 0. The van der Waals surface area contributed by atoms with Crippen LogP contribution in [-0.2, 0) is 4.79 Å². The molecule has 1 unspecified atom stereocenters. The minimum absolute atomic E-state index is 0.173. The number of fused-ring (bicyclic) bond motifs is 1. The van der Waals surface area contributed by atoms with E-state index < -0.39 is 6.10 Å². The summed E-state index contributed by atoms with van der Waals surface area (Å²) in [5.74, 6) is 1.10. The second kappa shape index (κ2) is 10.8. The van der Waals surface area contributed by atoms with Crippen molar-refractivity contribution in [1.82, 2.24) is 20.2 Å². The second-order valence-electron chi connectivity index (χ2n) is 10.3. The van der Waals surface area contributed by atoms with Crippen molar-refractivity contribution in [2.24, 2.45) is 0 Å². The molecule has 1 aromatic carbocycles. The molecule has 7 nitrogen and oxygen atoms in total. The van der Waals surface area contributed by atoms with Gasteiger partial charge in [0.2, 0.25) is 5.91 Å². The maximum atomic E-state index is 13.8. The third kappa shape index (κ3) is 5.32. The summed E-state index contributed by atoms with van der Waals surface area (Å²) in [7, 11) is 0. The van der Waals surface area contributed by atoms with E-state index in [0.29, 0.717) is 37.1 Å². The number of halogens is 1. The fourth-order valence-corrected chi connectivity index (χ4v) is 6.07. The number of nitrogens with zero attached hydrogens (tertiary/aromatic N) is 4. The van der Waals surface area contributed by atoms with Gasteiger partial charge in [0, 0.05) is 49.4 Å². The largest absolute Gasteiger partial charge is 0.387 e. The minimum Gasteiger partial charge on any atom is -0.387 e. The number of rotatable bonds is 6. The third-order valence-electron chi connectivity index (χ3n) is 7.96. The molecule has 2 fully saturated rings. The maximum absolute atomic E-state index is 13.8. The van der Waals surface area contributed by atoms with Crippen LogP contribution in [0.15, 0.2) is 30.6 Å². The standard InChI is InChI=1S/C27H36ClN5O2/c1-18-15-23(34)25-24(18)26(31-17-30-25)32-11-13-33(14-12-32)27(35)22(19-7-9-20(28)10-8-19)16-29-21-5-3-2-4-6-21/h7-10,17-18,21-23,29,34H,2-6,11-16H2,1H3/t18?,22-,23+/m1/s1. The molecular weight excluding hydrogens is 462 g/mol. The van der Waals surface area contributed by atoms with Crippen molar-refractivity contribution in [3.63, 3.8) is 0 Å². The molecule has 2 aliphatic carbocycles. The van der Waals surface area contributed by atoms with Gasteiger partial charge in [-0.2, -0.15) is 0 Å². The first-order valence-corrected chi connectivity index (χ1v) is 13.4. The Kier molecular flexibility index (Phi) is 7.56. The van der Waals surface area contributed by atoms with E-state index in [2.05, 4.69) is 27.1 Å². The van der Waals surface area contributed by atoms with E-state index in [1.807, 2.05) is 29.2 Å². The van der Waals surface area contributed by atoms with Crippen LogP contribution in [0.25, 0.3) is 0 Å². The zero-order valence-electron chi connectivity index (χ0n) is 20.5. The highest BCUT2D eigenvalue weighted by molar-refractivity contribution is 6.30. The van der Waals surface area contributed by atoms with Gasteiger partial charge in [0.1, 0.15) is 12.1 Å². The molecule has 2 N–H and O–H groups in total. The summed E-state index contributed by atoms with van der Waals surface area (Å²) in [6, 6.07) is 8.23. The molecule has 1 saturated carbocycles. The average Bonchev–Trinajstić information content (AvgIpc) is 3.19. The molecule has 3 atom stereocenters. The smallest absolute Gasteiger partial charge is 0.231 e. The zero-order valence-corrected chi connectivity index (χ0v) is 21.3. The number of amides is 1. The second-order valence-corrected chi connectivity index (χ2v) is 10.7. The Labute approximate surface area is 212 Å². The first-order chi connectivity index (χ1) is 17.0. The normalized spacial score (nSPS) is 23.9. The van der Waals surface area contributed by atoms with Crippen LogP contribution in [0.1, 0.15) is 80.2 Å². The number of aliphatic hydroxyl groups excluding tert-OH is 1. The molecule has 8 heteroatoms. The van der Waals surface area contributed by atoms with Crippen molar-refractivity contribution in [3.8, 4) is 0 Å². The van der Waals surface area contributed by atoms with Gasteiger partial charge in [-0.05, 0) is 42.9 Å². The van der Waals surface area contributed by atoms with Gasteiger partial charge in [0.25, 0.3) is 0 Å². The lowest BCUT2D eigenvalue weighted by atomic mass is 9.93. The summed E-state index contributed by atoms with van der Waals surface area (Å²) >= 11 is 6.13. The molecule has 1 amide bonds. The number of benzene rings is 1. The number of hydrogen-bond acceptors (Lipinski definition) is 6. The Bertz CT molecular complexity index is 1020. The number of carbonyl (C=O) groups is 1. The lowest BCUT2D eigenvalue weighted by Gasteiger charge is -2.38. The lowest BCUT2D eigenvalue weighted by Crippen LogP contribution is -2.51. The van der Waals surface area contributed by atoms with Gasteiger partial charge in [0.05, 0.1) is 17.7 Å². The maximum Gasteiger partial charge on any atom is 0.231 e. The van der Waals surface area contributed by atoms with E-state index in [0.717, 1.165) is 35.7 Å². The molecule has 2 heterocycles. The fraction of sp³-hybridized carbons (Fsp3) is 0.593. The van der Waals surface area contributed by atoms with Crippen LogP contribution < -0.4 is 10.2 Å². The van der Waals surface area contributed by atoms with Crippen LogP contribution in [0.4, 0.5) is 5.82 Å². The van der Waals surface area contributed by atoms with Crippen molar-refractivity contribution in [2.45, 2.75) is 69.4 Å². The summed E-state index contributed by atoms with van der Waals surface area (Å²) in [6.07, 6.45) is 7.96. The number of nitrogens with one attached hydrogen (secondary N) is 1. The molecule has 0 radical (unpaired) electrons. The van der Waals surface area contributed by atoms with Crippen molar-refractivity contribution >= 4 is 23.3 Å². The summed E-state index contributed by atoms with van der Waals surface area (Å²) in [4.78, 5) is 26.9. The summed E-state index contributed by atoms with van der Waals surface area (Å²) in [6.45, 7) is 5.53. The van der Waals surface area contributed by atoms with E-state index in [4.69, 9.17) is 11.6 Å². The highest BCUT2D eigenvalue weighted by Crippen LogP contribution is 2.42. The highest BCUT2D eigenvalue weighted by Gasteiger charge is 2.35. The number of piperazine rings is 1. The van der Waals surface area contributed by atoms with Gasteiger partial charge >= 0.3 is 0 Å². The van der Waals surface area contributed by atoms with Crippen LogP contribution >= 0.6 is 11.6 Å². The van der Waals surface area contributed by atoms with Crippen molar-refractivity contribution in [1.29, 1.82) is 0 Å². The average molecular weight is 498 g/mol. The quantitative estimate of drug-likeness (QED) is 0.627. The summed E-state index contributed by atoms with van der Waals surface area (Å²) in [5.41, 5.74) is 2.84. The van der Waals surface area contributed by atoms with Crippen LogP contribution in [0.3, 0.4) is 0 Å². The number of aliphatic hydroxyl groups is 1. The Morgan fingerprint density at radius 3 is 2.54 bits per heavy atom. The van der Waals surface area contributed by atoms with Gasteiger partial charge in [-0.3, -0.25) is 4.79 Å². The highest BCUT2D eigenvalue weighted by atomic mass is 35.5. The van der Waals surface area contributed by atoms with Crippen molar-refractivity contribution in [2.75, 3.05) is 37.6 Å². The number of hydrogen-bond donors (Lipinski definition) is 2. The molecule has 1 aromatic heterocycles.